The molecule has 3 nitrogen and oxygen atoms in total. The highest BCUT2D eigenvalue weighted by atomic mass is 19.1. The normalized spacial score (nSPS) is 10.6. The van der Waals surface area contributed by atoms with E-state index in [1.165, 1.54) is 12.1 Å². The highest BCUT2D eigenvalue weighted by molar-refractivity contribution is 6.12. The van der Waals surface area contributed by atoms with Gasteiger partial charge in [0.2, 0.25) is 0 Å². The zero-order valence-corrected chi connectivity index (χ0v) is 14.5. The van der Waals surface area contributed by atoms with Gasteiger partial charge in [-0.1, -0.05) is 60.7 Å². The second kappa shape index (κ2) is 7.30. The molecule has 27 heavy (non-hydrogen) atoms. The van der Waals surface area contributed by atoms with Crippen molar-refractivity contribution in [3.63, 3.8) is 0 Å². The summed E-state index contributed by atoms with van der Waals surface area (Å²) in [7, 11) is 0. The Morgan fingerprint density at radius 1 is 0.778 bits per heavy atom. The van der Waals surface area contributed by atoms with Crippen molar-refractivity contribution in [1.82, 2.24) is 0 Å². The van der Waals surface area contributed by atoms with Crippen molar-refractivity contribution in [3.8, 4) is 0 Å². The molecule has 0 saturated heterocycles. The van der Waals surface area contributed by atoms with E-state index in [4.69, 9.17) is 0 Å². The molecular weight excluding hydrogens is 339 g/mol. The molecule has 0 spiro atoms. The molecule has 0 fully saturated rings. The van der Waals surface area contributed by atoms with Crippen LogP contribution in [0.4, 0.5) is 26.2 Å². The fourth-order valence-electron chi connectivity index (χ4n) is 3.09. The Kier molecular flexibility index (Phi) is 4.54. The number of nitrogens with one attached hydrogen (secondary N) is 1. The van der Waals surface area contributed by atoms with Crippen molar-refractivity contribution < 1.29 is 9.18 Å². The molecule has 0 aliphatic carbocycles. The first kappa shape index (κ1) is 16.8. The van der Waals surface area contributed by atoms with E-state index in [1.54, 1.807) is 17.0 Å². The number of para-hydroxylation sites is 1. The van der Waals surface area contributed by atoms with E-state index in [2.05, 4.69) is 5.32 Å². The van der Waals surface area contributed by atoms with Crippen molar-refractivity contribution in [2.45, 2.75) is 0 Å². The van der Waals surface area contributed by atoms with Crippen molar-refractivity contribution in [1.29, 1.82) is 0 Å². The lowest BCUT2D eigenvalue weighted by molar-refractivity contribution is 0.259. The molecule has 0 saturated carbocycles. The van der Waals surface area contributed by atoms with Gasteiger partial charge in [-0.2, -0.15) is 0 Å². The number of halogens is 1. The Balaban J connectivity index is 1.81. The molecule has 0 atom stereocenters. The first-order valence-corrected chi connectivity index (χ1v) is 8.62. The molecule has 0 heterocycles. The average molecular weight is 356 g/mol. The third kappa shape index (κ3) is 3.51. The maximum Gasteiger partial charge on any atom is 0.330 e. The molecule has 4 heteroatoms. The summed E-state index contributed by atoms with van der Waals surface area (Å²) >= 11 is 0. The number of rotatable bonds is 3. The number of urea groups is 1. The SMILES string of the molecule is O=C(Nc1cccc(F)c1)N(c1ccccc1)c1cccc2ccccc12. The fourth-order valence-corrected chi connectivity index (χ4v) is 3.09. The van der Waals surface area contributed by atoms with Crippen LogP contribution in [0.5, 0.6) is 0 Å². The van der Waals surface area contributed by atoms with E-state index >= 15 is 0 Å². The van der Waals surface area contributed by atoms with Crippen LogP contribution in [-0.4, -0.2) is 6.03 Å². The van der Waals surface area contributed by atoms with E-state index in [9.17, 15) is 9.18 Å². The largest absolute Gasteiger partial charge is 0.330 e. The Bertz CT molecular complexity index is 1090. The lowest BCUT2D eigenvalue weighted by Gasteiger charge is -2.25. The van der Waals surface area contributed by atoms with Crippen molar-refractivity contribution in [2.75, 3.05) is 10.2 Å². The van der Waals surface area contributed by atoms with Crippen LogP contribution in [-0.2, 0) is 0 Å². The lowest BCUT2D eigenvalue weighted by Crippen LogP contribution is -2.31. The molecule has 4 aromatic carbocycles. The van der Waals surface area contributed by atoms with Gasteiger partial charge in [0.25, 0.3) is 0 Å². The summed E-state index contributed by atoms with van der Waals surface area (Å²) in [6, 6.07) is 28.6. The average Bonchev–Trinajstić information content (AvgIpc) is 2.69. The van der Waals surface area contributed by atoms with Gasteiger partial charge < -0.3 is 5.32 Å². The molecule has 0 aromatic heterocycles. The number of nitrogens with zero attached hydrogens (tertiary/aromatic N) is 1. The van der Waals surface area contributed by atoms with Crippen LogP contribution in [0.25, 0.3) is 10.8 Å². The predicted molar refractivity (Wildman–Crippen MR) is 108 cm³/mol. The fraction of sp³-hybridized carbons (Fsp3) is 0. The number of hydrogen-bond acceptors (Lipinski definition) is 1. The summed E-state index contributed by atoms with van der Waals surface area (Å²) in [6.45, 7) is 0. The topological polar surface area (TPSA) is 32.3 Å². The zero-order valence-electron chi connectivity index (χ0n) is 14.5. The van der Waals surface area contributed by atoms with Crippen LogP contribution >= 0.6 is 0 Å². The van der Waals surface area contributed by atoms with Gasteiger partial charge in [-0.25, -0.2) is 9.18 Å². The monoisotopic (exact) mass is 356 g/mol. The van der Waals surface area contributed by atoms with Crippen LogP contribution in [0, 0.1) is 5.82 Å². The Hall–Kier alpha value is -3.66. The zero-order chi connectivity index (χ0) is 18.6. The number of fused-ring (bicyclic) bond motifs is 1. The van der Waals surface area contributed by atoms with Gasteiger partial charge in [0.05, 0.1) is 11.4 Å². The maximum atomic E-state index is 13.5. The van der Waals surface area contributed by atoms with Gasteiger partial charge in [-0.3, -0.25) is 4.90 Å². The quantitative estimate of drug-likeness (QED) is 0.456. The van der Waals surface area contributed by atoms with Crippen LogP contribution in [0.3, 0.4) is 0 Å². The molecule has 1 N–H and O–H groups in total. The predicted octanol–water partition coefficient (Wildman–Crippen LogP) is 6.35. The molecule has 4 rings (SSSR count). The number of anilines is 3. The smallest absolute Gasteiger partial charge is 0.307 e. The van der Waals surface area contributed by atoms with E-state index in [0.29, 0.717) is 5.69 Å². The Labute approximate surface area is 156 Å². The van der Waals surface area contributed by atoms with Gasteiger partial charge in [0.15, 0.2) is 0 Å². The van der Waals surface area contributed by atoms with E-state index in [1.807, 2.05) is 72.8 Å². The summed E-state index contributed by atoms with van der Waals surface area (Å²) in [5.74, 6) is -0.399. The first-order valence-electron chi connectivity index (χ1n) is 8.62. The van der Waals surface area contributed by atoms with Crippen LogP contribution in [0.15, 0.2) is 97.1 Å². The number of amides is 2. The summed E-state index contributed by atoms with van der Waals surface area (Å²) in [6.07, 6.45) is 0. The van der Waals surface area contributed by atoms with Crippen molar-refractivity contribution >= 4 is 33.9 Å². The van der Waals surface area contributed by atoms with Gasteiger partial charge in [-0.15, -0.1) is 0 Å². The molecule has 132 valence electrons. The third-order valence-electron chi connectivity index (χ3n) is 4.30. The van der Waals surface area contributed by atoms with E-state index < -0.39 is 5.82 Å². The molecule has 0 bridgehead atoms. The van der Waals surface area contributed by atoms with Gasteiger partial charge >= 0.3 is 6.03 Å². The second-order valence-electron chi connectivity index (χ2n) is 6.11. The molecule has 0 aliphatic heterocycles. The third-order valence-corrected chi connectivity index (χ3v) is 4.30. The van der Waals surface area contributed by atoms with Gasteiger partial charge in [-0.05, 0) is 41.8 Å². The maximum absolute atomic E-state index is 13.5. The molecule has 0 unspecified atom stereocenters. The Morgan fingerprint density at radius 2 is 1.48 bits per heavy atom. The van der Waals surface area contributed by atoms with Gasteiger partial charge in [0, 0.05) is 11.1 Å². The standard InChI is InChI=1S/C23H17FN2O/c24-18-10-7-11-19(16-18)25-23(27)26(20-12-2-1-3-13-20)22-15-6-9-17-8-4-5-14-21(17)22/h1-16H,(H,25,27). The molecule has 0 radical (unpaired) electrons. The first-order chi connectivity index (χ1) is 13.2. The summed E-state index contributed by atoms with van der Waals surface area (Å²) in [5.41, 5.74) is 1.89. The molecule has 2 amide bonds. The number of carbonyl (C=O) groups is 1. The molecular formula is C23H17FN2O. The summed E-state index contributed by atoms with van der Waals surface area (Å²) < 4.78 is 13.5. The van der Waals surface area contributed by atoms with E-state index in [-0.39, 0.29) is 6.03 Å². The molecule has 4 aromatic rings. The second-order valence-corrected chi connectivity index (χ2v) is 6.11. The van der Waals surface area contributed by atoms with Crippen LogP contribution < -0.4 is 10.2 Å². The Morgan fingerprint density at radius 3 is 2.30 bits per heavy atom. The van der Waals surface area contributed by atoms with Gasteiger partial charge in [0.1, 0.15) is 5.82 Å². The van der Waals surface area contributed by atoms with E-state index in [0.717, 1.165) is 22.1 Å². The summed E-state index contributed by atoms with van der Waals surface area (Å²) in [5, 5.41) is 4.78. The highest BCUT2D eigenvalue weighted by Gasteiger charge is 2.20. The minimum Gasteiger partial charge on any atom is -0.307 e. The summed E-state index contributed by atoms with van der Waals surface area (Å²) in [4.78, 5) is 14.8. The number of benzene rings is 4. The minimum atomic E-state index is -0.399. The highest BCUT2D eigenvalue weighted by Crippen LogP contribution is 2.33. The van der Waals surface area contributed by atoms with Crippen molar-refractivity contribution in [3.05, 3.63) is 103 Å². The van der Waals surface area contributed by atoms with Crippen molar-refractivity contribution in [2.24, 2.45) is 0 Å². The minimum absolute atomic E-state index is 0.358. The van der Waals surface area contributed by atoms with Crippen LogP contribution in [0.1, 0.15) is 0 Å². The van der Waals surface area contributed by atoms with Crippen LogP contribution in [0.2, 0.25) is 0 Å². The molecule has 0 aliphatic rings. The lowest BCUT2D eigenvalue weighted by atomic mass is 10.1. The number of carbonyl (C=O) groups excluding carboxylic acids is 1. The number of hydrogen-bond donors (Lipinski definition) is 1.